The molecule has 1 N–H and O–H groups in total. The van der Waals surface area contributed by atoms with Gasteiger partial charge in [0.2, 0.25) is 0 Å². The van der Waals surface area contributed by atoms with Crippen LogP contribution in [-0.4, -0.2) is 44.2 Å². The fraction of sp³-hybridized carbons (Fsp3) is 0.375. The van der Waals surface area contributed by atoms with Gasteiger partial charge in [-0.3, -0.25) is 4.79 Å². The second-order valence-corrected chi connectivity index (χ2v) is 11.6. The van der Waals surface area contributed by atoms with Gasteiger partial charge < -0.3 is 5.32 Å². The number of hydrogen-bond acceptors (Lipinski definition) is 3. The highest BCUT2D eigenvalue weighted by molar-refractivity contribution is 7.91. The first-order valence-electron chi connectivity index (χ1n) is 11.3. The number of amides is 1. The van der Waals surface area contributed by atoms with Crippen LogP contribution < -0.4 is 5.32 Å². The van der Waals surface area contributed by atoms with Crippen molar-refractivity contribution in [3.63, 3.8) is 0 Å². The summed E-state index contributed by atoms with van der Waals surface area (Å²) in [7, 11) is -4.86. The first-order valence-corrected chi connectivity index (χ1v) is 13.5. The summed E-state index contributed by atoms with van der Waals surface area (Å²) < 4.78 is 197. The molecular formula is C24H17ClF13NO3S. The number of allylic oxidation sites excluding steroid dienone is 1. The molecular weight excluding hydrogens is 665 g/mol. The van der Waals surface area contributed by atoms with Crippen molar-refractivity contribution in [2.45, 2.75) is 43.6 Å². The average Bonchev–Trinajstić information content (AvgIpc) is 2.78. The molecule has 43 heavy (non-hydrogen) atoms. The second kappa shape index (κ2) is 12.5. The lowest BCUT2D eigenvalue weighted by atomic mass is 9.94. The molecule has 0 radical (unpaired) electrons. The van der Waals surface area contributed by atoms with Crippen molar-refractivity contribution >= 4 is 33.2 Å². The minimum Gasteiger partial charge on any atom is -0.349 e. The number of sulfone groups is 1. The van der Waals surface area contributed by atoms with Crippen molar-refractivity contribution < 1.29 is 70.3 Å². The van der Waals surface area contributed by atoms with Crippen molar-refractivity contribution in [3.8, 4) is 0 Å². The monoisotopic (exact) mass is 681 g/mol. The van der Waals surface area contributed by atoms with Gasteiger partial charge in [-0.15, -0.1) is 0 Å². The average molecular weight is 682 g/mol. The summed E-state index contributed by atoms with van der Waals surface area (Å²) in [6, 6.07) is -0.0244. The quantitative estimate of drug-likeness (QED) is 0.286. The van der Waals surface area contributed by atoms with Crippen molar-refractivity contribution in [1.29, 1.82) is 0 Å². The van der Waals surface area contributed by atoms with Crippen LogP contribution in [0.1, 0.15) is 45.5 Å². The van der Waals surface area contributed by atoms with Gasteiger partial charge in [-0.05, 0) is 42.8 Å². The molecule has 19 heteroatoms. The van der Waals surface area contributed by atoms with E-state index in [9.17, 15) is 70.3 Å². The molecule has 0 aliphatic rings. The summed E-state index contributed by atoms with van der Waals surface area (Å²) in [5, 5.41) is 0.775. The first-order chi connectivity index (χ1) is 19.2. The minimum absolute atomic E-state index is 0.00503. The molecule has 2 aromatic carbocycles. The van der Waals surface area contributed by atoms with Gasteiger partial charge in [-0.25, -0.2) is 12.8 Å². The zero-order chi connectivity index (χ0) is 33.3. The second-order valence-electron chi connectivity index (χ2n) is 9.07. The summed E-state index contributed by atoms with van der Waals surface area (Å²) in [4.78, 5) is 12.4. The Hall–Kier alpha value is -3.02. The Morgan fingerprint density at radius 2 is 1.44 bits per heavy atom. The van der Waals surface area contributed by atoms with Crippen molar-refractivity contribution in [1.82, 2.24) is 5.32 Å². The SMILES string of the molecule is C[C@H](CS(=O)(=O)CC(F)(F)F)NC(=O)c1ccc(/C(F)=C/C(c2ccc(Cl)c(C(F)(F)F)c2)C(F)(F)F)cc1C(F)(F)F. The molecule has 2 aromatic rings. The van der Waals surface area contributed by atoms with Crippen LogP contribution in [0.2, 0.25) is 5.02 Å². The smallest absolute Gasteiger partial charge is 0.349 e. The zero-order valence-corrected chi connectivity index (χ0v) is 22.6. The van der Waals surface area contributed by atoms with Gasteiger partial charge in [0.15, 0.2) is 9.84 Å². The maximum Gasteiger partial charge on any atom is 0.417 e. The standard InChI is InChI=1S/C24H17ClF13NO3S/c1-11(9-43(41,42)10-21(27,28)29)39-20(40)14-4-2-13(7-16(14)23(33,34)35)19(26)8-15(22(30,31)32)12-3-5-18(25)17(6-12)24(36,37)38/h2-8,11,15H,9-10H2,1H3,(H,39,40)/b19-8-/t11-,15?/m1/s1. The van der Waals surface area contributed by atoms with Gasteiger partial charge in [0.25, 0.3) is 5.91 Å². The van der Waals surface area contributed by atoms with E-state index in [0.717, 1.165) is 6.92 Å². The number of halogens is 14. The molecule has 1 amide bonds. The van der Waals surface area contributed by atoms with E-state index in [1.54, 1.807) is 5.32 Å². The normalized spacial score (nSPS) is 15.3. The number of carbonyl (C=O) groups is 1. The summed E-state index contributed by atoms with van der Waals surface area (Å²) >= 11 is 5.39. The Balaban J connectivity index is 2.49. The van der Waals surface area contributed by atoms with Crippen LogP contribution in [0.5, 0.6) is 0 Å². The highest BCUT2D eigenvalue weighted by Gasteiger charge is 2.42. The third-order valence-electron chi connectivity index (χ3n) is 5.43. The van der Waals surface area contributed by atoms with Crippen LogP contribution in [0.4, 0.5) is 57.1 Å². The maximum absolute atomic E-state index is 14.9. The fourth-order valence-electron chi connectivity index (χ4n) is 3.73. The molecule has 2 atom stereocenters. The largest absolute Gasteiger partial charge is 0.417 e. The van der Waals surface area contributed by atoms with E-state index in [4.69, 9.17) is 11.6 Å². The molecule has 0 aliphatic carbocycles. The van der Waals surface area contributed by atoms with Gasteiger partial charge in [-0.1, -0.05) is 23.7 Å². The molecule has 0 heterocycles. The molecule has 0 saturated carbocycles. The lowest BCUT2D eigenvalue weighted by Gasteiger charge is -2.20. The van der Waals surface area contributed by atoms with Crippen LogP contribution in [-0.2, 0) is 22.2 Å². The summed E-state index contributed by atoms with van der Waals surface area (Å²) in [5.41, 5.74) is -7.23. The molecule has 4 nitrogen and oxygen atoms in total. The van der Waals surface area contributed by atoms with Crippen LogP contribution in [0.25, 0.3) is 5.83 Å². The highest BCUT2D eigenvalue weighted by atomic mass is 35.5. The number of carbonyl (C=O) groups excluding carboxylic acids is 1. The van der Waals surface area contributed by atoms with Crippen LogP contribution in [0.3, 0.4) is 0 Å². The predicted octanol–water partition coefficient (Wildman–Crippen LogP) is 8.13. The van der Waals surface area contributed by atoms with E-state index in [0.29, 0.717) is 24.3 Å². The predicted molar refractivity (Wildman–Crippen MR) is 127 cm³/mol. The third kappa shape index (κ3) is 10.3. The number of alkyl halides is 12. The molecule has 0 saturated heterocycles. The summed E-state index contributed by atoms with van der Waals surface area (Å²) in [5.74, 6) is -10.3. The molecule has 0 aliphatic heterocycles. The molecule has 240 valence electrons. The van der Waals surface area contributed by atoms with Crippen LogP contribution in [0, 0.1) is 0 Å². The number of hydrogen-bond donors (Lipinski definition) is 1. The van der Waals surface area contributed by atoms with E-state index in [1.165, 1.54) is 0 Å². The van der Waals surface area contributed by atoms with Gasteiger partial charge in [0.05, 0.1) is 27.5 Å². The Morgan fingerprint density at radius 1 is 0.884 bits per heavy atom. The zero-order valence-electron chi connectivity index (χ0n) is 21.0. The molecule has 2 rings (SSSR count). The summed E-state index contributed by atoms with van der Waals surface area (Å²) in [6.07, 6.45) is -21.5. The van der Waals surface area contributed by atoms with Crippen molar-refractivity contribution in [2.75, 3.05) is 11.5 Å². The van der Waals surface area contributed by atoms with E-state index < -0.39 is 103 Å². The lowest BCUT2D eigenvalue weighted by molar-refractivity contribution is -0.142. The van der Waals surface area contributed by atoms with Gasteiger partial charge >= 0.3 is 24.7 Å². The third-order valence-corrected chi connectivity index (χ3v) is 7.54. The van der Waals surface area contributed by atoms with Gasteiger partial charge in [-0.2, -0.15) is 52.7 Å². The Bertz CT molecular complexity index is 1480. The molecule has 0 spiro atoms. The number of benzene rings is 2. The minimum atomic E-state index is -5.46. The Kier molecular flexibility index (Phi) is 10.5. The van der Waals surface area contributed by atoms with Crippen molar-refractivity contribution in [2.24, 2.45) is 0 Å². The molecule has 1 unspecified atom stereocenters. The maximum atomic E-state index is 14.9. The summed E-state index contributed by atoms with van der Waals surface area (Å²) in [6.45, 7) is 0.869. The highest BCUT2D eigenvalue weighted by Crippen LogP contribution is 2.43. The van der Waals surface area contributed by atoms with Gasteiger partial charge in [0, 0.05) is 11.6 Å². The van der Waals surface area contributed by atoms with E-state index in [-0.39, 0.29) is 18.2 Å². The van der Waals surface area contributed by atoms with Crippen LogP contribution >= 0.6 is 11.6 Å². The van der Waals surface area contributed by atoms with E-state index >= 15 is 0 Å². The molecule has 0 aromatic heterocycles. The Morgan fingerprint density at radius 3 is 1.93 bits per heavy atom. The fourth-order valence-corrected chi connectivity index (χ4v) is 5.42. The Labute approximate surface area is 239 Å². The number of rotatable bonds is 8. The first kappa shape index (κ1) is 36.2. The van der Waals surface area contributed by atoms with Crippen LogP contribution in [0.15, 0.2) is 42.5 Å². The van der Waals surface area contributed by atoms with Gasteiger partial charge in [0.1, 0.15) is 17.5 Å². The van der Waals surface area contributed by atoms with Crippen molar-refractivity contribution in [3.05, 3.63) is 75.3 Å². The lowest BCUT2D eigenvalue weighted by Crippen LogP contribution is -2.40. The molecule has 0 bridgehead atoms. The topological polar surface area (TPSA) is 63.2 Å². The van der Waals surface area contributed by atoms with E-state index in [1.807, 2.05) is 0 Å². The number of nitrogens with one attached hydrogen (secondary N) is 1. The van der Waals surface area contributed by atoms with E-state index in [2.05, 4.69) is 0 Å². The molecule has 0 fully saturated rings.